The molecule has 0 aliphatic carbocycles. The molecule has 1 aliphatic rings. The van der Waals surface area contributed by atoms with Crippen molar-refractivity contribution in [1.29, 1.82) is 0 Å². The van der Waals surface area contributed by atoms with E-state index in [1.807, 2.05) is 0 Å². The SMILES string of the molecule is CC(C)C1(C(C)C)CCN1S(C)(=O)=O. The smallest absolute Gasteiger partial charge is 0.211 e. The Morgan fingerprint density at radius 2 is 1.57 bits per heavy atom. The van der Waals surface area contributed by atoms with E-state index in [9.17, 15) is 8.42 Å². The van der Waals surface area contributed by atoms with Crippen LogP contribution in [0.3, 0.4) is 0 Å². The van der Waals surface area contributed by atoms with Crippen LogP contribution in [0, 0.1) is 11.8 Å². The highest BCUT2D eigenvalue weighted by atomic mass is 32.2. The summed E-state index contributed by atoms with van der Waals surface area (Å²) in [5.41, 5.74) is -0.131. The molecule has 1 fully saturated rings. The van der Waals surface area contributed by atoms with Crippen LogP contribution in [-0.4, -0.2) is 31.1 Å². The summed E-state index contributed by atoms with van der Waals surface area (Å²) in [6.07, 6.45) is 2.31. The van der Waals surface area contributed by atoms with Crippen LogP contribution < -0.4 is 0 Å². The van der Waals surface area contributed by atoms with E-state index in [1.54, 1.807) is 4.31 Å². The Balaban J connectivity index is 3.04. The normalized spacial score (nSPS) is 22.8. The number of hydrogen-bond acceptors (Lipinski definition) is 2. The predicted octanol–water partition coefficient (Wildman–Crippen LogP) is 1.70. The van der Waals surface area contributed by atoms with Gasteiger partial charge in [0.05, 0.1) is 6.26 Å². The first kappa shape index (κ1) is 12.0. The first-order valence-electron chi connectivity index (χ1n) is 5.20. The molecule has 4 heteroatoms. The maximum absolute atomic E-state index is 11.6. The zero-order chi connectivity index (χ0) is 11.1. The molecule has 84 valence electrons. The Morgan fingerprint density at radius 1 is 1.14 bits per heavy atom. The van der Waals surface area contributed by atoms with Gasteiger partial charge in [0.2, 0.25) is 10.0 Å². The van der Waals surface area contributed by atoms with Crippen LogP contribution in [0.5, 0.6) is 0 Å². The molecule has 0 bridgehead atoms. The van der Waals surface area contributed by atoms with Crippen molar-refractivity contribution in [2.24, 2.45) is 11.8 Å². The lowest BCUT2D eigenvalue weighted by molar-refractivity contribution is -0.0163. The van der Waals surface area contributed by atoms with Gasteiger partial charge < -0.3 is 0 Å². The van der Waals surface area contributed by atoms with Gasteiger partial charge in [-0.05, 0) is 18.3 Å². The van der Waals surface area contributed by atoms with Crippen molar-refractivity contribution in [1.82, 2.24) is 4.31 Å². The van der Waals surface area contributed by atoms with Gasteiger partial charge in [0, 0.05) is 12.1 Å². The topological polar surface area (TPSA) is 37.4 Å². The summed E-state index contributed by atoms with van der Waals surface area (Å²) in [6, 6.07) is 0. The average molecular weight is 219 g/mol. The van der Waals surface area contributed by atoms with Crippen molar-refractivity contribution in [3.63, 3.8) is 0 Å². The van der Waals surface area contributed by atoms with Gasteiger partial charge in [-0.15, -0.1) is 0 Å². The van der Waals surface area contributed by atoms with E-state index in [-0.39, 0.29) is 5.54 Å². The van der Waals surface area contributed by atoms with Crippen molar-refractivity contribution in [2.75, 3.05) is 12.8 Å². The quantitative estimate of drug-likeness (QED) is 0.724. The molecule has 0 aromatic rings. The summed E-state index contributed by atoms with van der Waals surface area (Å²) in [4.78, 5) is 0. The lowest BCUT2D eigenvalue weighted by Crippen LogP contribution is -2.67. The van der Waals surface area contributed by atoms with Gasteiger partial charge in [-0.2, -0.15) is 4.31 Å². The van der Waals surface area contributed by atoms with Gasteiger partial charge in [0.15, 0.2) is 0 Å². The van der Waals surface area contributed by atoms with E-state index in [4.69, 9.17) is 0 Å². The van der Waals surface area contributed by atoms with Crippen molar-refractivity contribution in [3.05, 3.63) is 0 Å². The summed E-state index contributed by atoms with van der Waals surface area (Å²) in [7, 11) is -3.03. The second kappa shape index (κ2) is 3.49. The van der Waals surface area contributed by atoms with Gasteiger partial charge in [-0.25, -0.2) is 8.42 Å². The molecule has 0 spiro atoms. The molecule has 14 heavy (non-hydrogen) atoms. The van der Waals surface area contributed by atoms with Crippen LogP contribution in [0.15, 0.2) is 0 Å². The van der Waals surface area contributed by atoms with E-state index in [0.717, 1.165) is 6.42 Å². The van der Waals surface area contributed by atoms with E-state index in [1.165, 1.54) is 6.26 Å². The zero-order valence-electron chi connectivity index (χ0n) is 9.74. The Labute approximate surface area is 87.5 Å². The second-order valence-electron chi connectivity index (χ2n) is 4.89. The number of nitrogens with zero attached hydrogens (tertiary/aromatic N) is 1. The van der Waals surface area contributed by atoms with E-state index < -0.39 is 10.0 Å². The van der Waals surface area contributed by atoms with Crippen molar-refractivity contribution < 1.29 is 8.42 Å². The molecule has 1 heterocycles. The van der Waals surface area contributed by atoms with Crippen LogP contribution in [0.1, 0.15) is 34.1 Å². The van der Waals surface area contributed by atoms with Crippen LogP contribution in [0.2, 0.25) is 0 Å². The maximum atomic E-state index is 11.6. The molecule has 3 nitrogen and oxygen atoms in total. The molecular weight excluding hydrogens is 198 g/mol. The standard InChI is InChI=1S/C10H21NO2S/c1-8(2)10(9(3)4)6-7-11(10)14(5,12)13/h8-9H,6-7H2,1-5H3. The highest BCUT2D eigenvalue weighted by Crippen LogP contribution is 2.44. The Morgan fingerprint density at radius 3 is 1.64 bits per heavy atom. The second-order valence-corrected chi connectivity index (χ2v) is 6.79. The van der Waals surface area contributed by atoms with Crippen molar-refractivity contribution in [3.8, 4) is 0 Å². The van der Waals surface area contributed by atoms with Crippen molar-refractivity contribution >= 4 is 10.0 Å². The predicted molar refractivity (Wildman–Crippen MR) is 58.6 cm³/mol. The molecule has 0 aromatic carbocycles. The summed E-state index contributed by atoms with van der Waals surface area (Å²) in [5.74, 6) is 0.761. The van der Waals surface area contributed by atoms with Crippen LogP contribution in [-0.2, 0) is 10.0 Å². The molecule has 0 unspecified atom stereocenters. The monoisotopic (exact) mass is 219 g/mol. The van der Waals surface area contributed by atoms with E-state index in [0.29, 0.717) is 18.4 Å². The number of hydrogen-bond donors (Lipinski definition) is 0. The Bertz CT molecular complexity index is 298. The average Bonchev–Trinajstić information content (AvgIpc) is 1.76. The molecule has 0 aromatic heterocycles. The zero-order valence-corrected chi connectivity index (χ0v) is 10.6. The molecule has 0 saturated carbocycles. The van der Waals surface area contributed by atoms with E-state index in [2.05, 4.69) is 27.7 Å². The van der Waals surface area contributed by atoms with Crippen molar-refractivity contribution in [2.45, 2.75) is 39.7 Å². The van der Waals surface area contributed by atoms with Gasteiger partial charge in [-0.1, -0.05) is 27.7 Å². The fourth-order valence-corrected chi connectivity index (χ4v) is 4.31. The fourth-order valence-electron chi connectivity index (χ4n) is 2.76. The number of sulfonamides is 1. The lowest BCUT2D eigenvalue weighted by atomic mass is 9.70. The third-order valence-electron chi connectivity index (χ3n) is 3.58. The minimum absolute atomic E-state index is 0.131. The molecule has 0 radical (unpaired) electrons. The fraction of sp³-hybridized carbons (Fsp3) is 1.00. The molecule has 1 rings (SSSR count). The Kier molecular flexibility index (Phi) is 2.99. The molecule has 1 aliphatic heterocycles. The first-order chi connectivity index (χ1) is 6.23. The van der Waals surface area contributed by atoms with Crippen LogP contribution in [0.25, 0.3) is 0 Å². The maximum Gasteiger partial charge on any atom is 0.211 e. The van der Waals surface area contributed by atoms with E-state index >= 15 is 0 Å². The summed E-state index contributed by atoms with van der Waals surface area (Å²) >= 11 is 0. The largest absolute Gasteiger partial charge is 0.212 e. The molecule has 0 amide bonds. The molecule has 0 atom stereocenters. The summed E-state index contributed by atoms with van der Waals surface area (Å²) in [5, 5.41) is 0. The van der Waals surface area contributed by atoms with Gasteiger partial charge >= 0.3 is 0 Å². The molecule has 1 saturated heterocycles. The lowest BCUT2D eigenvalue weighted by Gasteiger charge is -2.56. The summed E-state index contributed by atoms with van der Waals surface area (Å²) in [6.45, 7) is 9.12. The van der Waals surface area contributed by atoms with Crippen LogP contribution >= 0.6 is 0 Å². The van der Waals surface area contributed by atoms with Gasteiger partial charge in [-0.3, -0.25) is 0 Å². The summed E-state index contributed by atoms with van der Waals surface area (Å²) < 4.78 is 24.8. The minimum Gasteiger partial charge on any atom is -0.212 e. The van der Waals surface area contributed by atoms with Crippen LogP contribution in [0.4, 0.5) is 0 Å². The van der Waals surface area contributed by atoms with Gasteiger partial charge in [0.25, 0.3) is 0 Å². The van der Waals surface area contributed by atoms with Gasteiger partial charge in [0.1, 0.15) is 0 Å². The Hall–Kier alpha value is -0.0900. The molecular formula is C10H21NO2S. The third kappa shape index (κ3) is 1.58. The highest BCUT2D eigenvalue weighted by Gasteiger charge is 2.53. The third-order valence-corrected chi connectivity index (χ3v) is 4.90. The first-order valence-corrected chi connectivity index (χ1v) is 7.05. The number of rotatable bonds is 3. The molecule has 0 N–H and O–H groups in total. The highest BCUT2D eigenvalue weighted by molar-refractivity contribution is 7.88. The minimum atomic E-state index is -3.03.